The second-order valence-corrected chi connectivity index (χ2v) is 5.60. The van der Waals surface area contributed by atoms with Crippen LogP contribution in [-0.4, -0.2) is 19.2 Å². The Bertz CT molecular complexity index is 820. The van der Waals surface area contributed by atoms with E-state index in [1.165, 1.54) is 23.5 Å². The van der Waals surface area contributed by atoms with Crippen LogP contribution in [0.1, 0.15) is 0 Å². The van der Waals surface area contributed by atoms with E-state index >= 15 is 0 Å². The van der Waals surface area contributed by atoms with Crippen molar-refractivity contribution in [1.82, 2.24) is 4.98 Å². The van der Waals surface area contributed by atoms with Gasteiger partial charge in [0.25, 0.3) is 0 Å². The Balaban J connectivity index is 1.87. The quantitative estimate of drug-likeness (QED) is 0.736. The number of benzene rings is 2. The number of nitrogens with zero attached hydrogens (tertiary/aromatic N) is 1. The van der Waals surface area contributed by atoms with Gasteiger partial charge in [-0.25, -0.2) is 9.37 Å². The lowest BCUT2D eigenvalue weighted by atomic mass is 10.1. The summed E-state index contributed by atoms with van der Waals surface area (Å²) in [6.07, 6.45) is 0. The summed E-state index contributed by atoms with van der Waals surface area (Å²) >= 11 is 1.44. The van der Waals surface area contributed by atoms with E-state index < -0.39 is 0 Å². The topological polar surface area (TPSA) is 43.4 Å². The highest BCUT2D eigenvalue weighted by atomic mass is 32.1. The third-order valence-electron chi connectivity index (χ3n) is 3.26. The molecule has 1 aromatic heterocycles. The molecule has 0 spiro atoms. The number of methoxy groups -OCH3 is 2. The number of nitrogens with one attached hydrogen (secondary N) is 1. The average Bonchev–Trinajstić information content (AvgIpc) is 3.03. The summed E-state index contributed by atoms with van der Waals surface area (Å²) in [5.41, 5.74) is 2.16. The van der Waals surface area contributed by atoms with E-state index in [-0.39, 0.29) is 5.82 Å². The molecule has 0 unspecified atom stereocenters. The molecule has 0 aliphatic heterocycles. The summed E-state index contributed by atoms with van der Waals surface area (Å²) < 4.78 is 24.0. The average molecular weight is 330 g/mol. The molecule has 3 rings (SSSR count). The van der Waals surface area contributed by atoms with Crippen molar-refractivity contribution < 1.29 is 13.9 Å². The van der Waals surface area contributed by atoms with Gasteiger partial charge >= 0.3 is 0 Å². The van der Waals surface area contributed by atoms with Crippen LogP contribution in [0.25, 0.3) is 11.3 Å². The van der Waals surface area contributed by atoms with E-state index in [4.69, 9.17) is 9.47 Å². The molecule has 0 aliphatic carbocycles. The summed E-state index contributed by atoms with van der Waals surface area (Å²) in [6.45, 7) is 0. The zero-order valence-electron chi connectivity index (χ0n) is 12.7. The van der Waals surface area contributed by atoms with Crippen molar-refractivity contribution in [3.8, 4) is 22.8 Å². The summed E-state index contributed by atoms with van der Waals surface area (Å²) in [7, 11) is 3.18. The molecule has 0 bridgehead atoms. The second kappa shape index (κ2) is 6.66. The monoisotopic (exact) mass is 330 g/mol. The molecule has 118 valence electrons. The maximum atomic E-state index is 13.5. The summed E-state index contributed by atoms with van der Waals surface area (Å²) in [5.74, 6) is 1.03. The molecule has 0 fully saturated rings. The molecule has 0 radical (unpaired) electrons. The zero-order chi connectivity index (χ0) is 16.2. The molecule has 0 atom stereocenters. The number of hydrogen-bond donors (Lipinski definition) is 1. The highest BCUT2D eigenvalue weighted by molar-refractivity contribution is 7.14. The van der Waals surface area contributed by atoms with Gasteiger partial charge in [0, 0.05) is 22.7 Å². The number of thiazole rings is 1. The van der Waals surface area contributed by atoms with E-state index in [0.29, 0.717) is 22.1 Å². The van der Waals surface area contributed by atoms with Gasteiger partial charge in [-0.05, 0) is 30.3 Å². The van der Waals surface area contributed by atoms with Gasteiger partial charge in [0.1, 0.15) is 17.3 Å². The second-order valence-electron chi connectivity index (χ2n) is 4.74. The van der Waals surface area contributed by atoms with Gasteiger partial charge in [-0.3, -0.25) is 0 Å². The molecular weight excluding hydrogens is 315 g/mol. The Hall–Kier alpha value is -2.60. The van der Waals surface area contributed by atoms with Crippen molar-refractivity contribution in [2.24, 2.45) is 0 Å². The molecule has 3 aromatic rings. The first-order valence-electron chi connectivity index (χ1n) is 6.90. The molecular formula is C17H15FN2O2S. The number of anilines is 2. The van der Waals surface area contributed by atoms with Gasteiger partial charge < -0.3 is 14.8 Å². The summed E-state index contributed by atoms with van der Waals surface area (Å²) in [4.78, 5) is 4.50. The fourth-order valence-electron chi connectivity index (χ4n) is 2.16. The maximum absolute atomic E-state index is 13.5. The van der Waals surface area contributed by atoms with Crippen LogP contribution >= 0.6 is 11.3 Å². The highest BCUT2D eigenvalue weighted by Crippen LogP contribution is 2.33. The predicted molar refractivity (Wildman–Crippen MR) is 90.3 cm³/mol. The van der Waals surface area contributed by atoms with Crippen LogP contribution in [0.5, 0.6) is 11.5 Å². The minimum absolute atomic E-state index is 0.323. The van der Waals surface area contributed by atoms with E-state index in [2.05, 4.69) is 10.3 Å². The first kappa shape index (κ1) is 15.3. The molecule has 2 aromatic carbocycles. The van der Waals surface area contributed by atoms with Crippen molar-refractivity contribution in [1.29, 1.82) is 0 Å². The van der Waals surface area contributed by atoms with Crippen LogP contribution in [0.3, 0.4) is 0 Å². The normalized spacial score (nSPS) is 10.4. The van der Waals surface area contributed by atoms with E-state index in [1.54, 1.807) is 20.3 Å². The van der Waals surface area contributed by atoms with E-state index in [1.807, 2.05) is 29.6 Å². The van der Waals surface area contributed by atoms with Crippen molar-refractivity contribution in [3.05, 3.63) is 53.7 Å². The molecule has 0 saturated heterocycles. The maximum Gasteiger partial charge on any atom is 0.187 e. The fourth-order valence-corrected chi connectivity index (χ4v) is 2.89. The molecule has 23 heavy (non-hydrogen) atoms. The first-order valence-corrected chi connectivity index (χ1v) is 7.78. The standard InChI is InChI=1S/C17H15FN2O2S/c1-21-13-5-3-4-12(9-13)19-17-20-15(10-23-17)14-8-11(18)6-7-16(14)22-2/h3-10H,1-2H3,(H,19,20). The highest BCUT2D eigenvalue weighted by Gasteiger charge is 2.11. The van der Waals surface area contributed by atoms with Crippen LogP contribution in [0.2, 0.25) is 0 Å². The van der Waals surface area contributed by atoms with Crippen LogP contribution < -0.4 is 14.8 Å². The third kappa shape index (κ3) is 3.43. The smallest absolute Gasteiger partial charge is 0.187 e. The van der Waals surface area contributed by atoms with Crippen LogP contribution in [-0.2, 0) is 0 Å². The third-order valence-corrected chi connectivity index (χ3v) is 4.02. The number of hydrogen-bond acceptors (Lipinski definition) is 5. The fraction of sp³-hybridized carbons (Fsp3) is 0.118. The number of halogens is 1. The van der Waals surface area contributed by atoms with Crippen LogP contribution in [0, 0.1) is 5.82 Å². The molecule has 0 aliphatic rings. The molecule has 1 heterocycles. The SMILES string of the molecule is COc1cccc(Nc2nc(-c3cc(F)ccc3OC)cs2)c1. The van der Waals surface area contributed by atoms with Gasteiger partial charge in [-0.1, -0.05) is 6.07 Å². The Kier molecular flexibility index (Phi) is 4.43. The van der Waals surface area contributed by atoms with E-state index in [9.17, 15) is 4.39 Å². The Morgan fingerprint density at radius 3 is 2.74 bits per heavy atom. The van der Waals surface area contributed by atoms with Gasteiger partial charge in [-0.15, -0.1) is 11.3 Å². The van der Waals surface area contributed by atoms with Gasteiger partial charge in [0.2, 0.25) is 0 Å². The van der Waals surface area contributed by atoms with Crippen molar-refractivity contribution in [2.45, 2.75) is 0 Å². The van der Waals surface area contributed by atoms with Crippen LogP contribution in [0.15, 0.2) is 47.8 Å². The first-order chi connectivity index (χ1) is 11.2. The molecule has 1 N–H and O–H groups in total. The Labute approximate surface area is 137 Å². The number of rotatable bonds is 5. The van der Waals surface area contributed by atoms with Gasteiger partial charge in [0.15, 0.2) is 5.13 Å². The largest absolute Gasteiger partial charge is 0.497 e. The minimum atomic E-state index is -0.323. The minimum Gasteiger partial charge on any atom is -0.497 e. The van der Waals surface area contributed by atoms with Crippen LogP contribution in [0.4, 0.5) is 15.2 Å². The van der Waals surface area contributed by atoms with Crippen molar-refractivity contribution in [3.63, 3.8) is 0 Å². The van der Waals surface area contributed by atoms with Gasteiger partial charge in [-0.2, -0.15) is 0 Å². The lowest BCUT2D eigenvalue weighted by Gasteiger charge is -2.06. The predicted octanol–water partition coefficient (Wildman–Crippen LogP) is 4.71. The Morgan fingerprint density at radius 1 is 1.09 bits per heavy atom. The Morgan fingerprint density at radius 2 is 1.96 bits per heavy atom. The molecule has 6 heteroatoms. The number of ether oxygens (including phenoxy) is 2. The molecule has 4 nitrogen and oxygen atoms in total. The molecule has 0 amide bonds. The zero-order valence-corrected chi connectivity index (χ0v) is 13.5. The summed E-state index contributed by atoms with van der Waals surface area (Å²) in [5, 5.41) is 5.78. The summed E-state index contributed by atoms with van der Waals surface area (Å²) in [6, 6.07) is 11.9. The van der Waals surface area contributed by atoms with Gasteiger partial charge in [0.05, 0.1) is 19.9 Å². The lowest BCUT2D eigenvalue weighted by Crippen LogP contribution is -1.92. The van der Waals surface area contributed by atoms with E-state index in [0.717, 1.165) is 11.4 Å². The van der Waals surface area contributed by atoms with Crippen molar-refractivity contribution in [2.75, 3.05) is 19.5 Å². The van der Waals surface area contributed by atoms with Crippen molar-refractivity contribution >= 4 is 22.2 Å². The lowest BCUT2D eigenvalue weighted by molar-refractivity contribution is 0.415. The number of aromatic nitrogens is 1. The molecule has 0 saturated carbocycles.